The third-order valence-electron chi connectivity index (χ3n) is 6.62. The number of aliphatic hydroxyl groups is 1. The normalized spacial score (nSPS) is 13.9. The lowest BCUT2D eigenvalue weighted by Crippen LogP contribution is -2.32. The minimum atomic E-state index is -4.73. The summed E-state index contributed by atoms with van der Waals surface area (Å²) in [5.41, 5.74) is 3.87. The number of ether oxygens (including phenoxy) is 1. The van der Waals surface area contributed by atoms with Gasteiger partial charge in [0.05, 0.1) is 13.2 Å². The van der Waals surface area contributed by atoms with Gasteiger partial charge < -0.3 is 15.2 Å². The van der Waals surface area contributed by atoms with Crippen LogP contribution in [-0.2, 0) is 32.6 Å². The van der Waals surface area contributed by atoms with Gasteiger partial charge in [-0.05, 0) is 34.0 Å². The van der Waals surface area contributed by atoms with Gasteiger partial charge in [-0.2, -0.15) is 5.10 Å². The van der Waals surface area contributed by atoms with E-state index in [0.717, 1.165) is 33.2 Å². The Morgan fingerprint density at radius 3 is 2.58 bits per heavy atom. The summed E-state index contributed by atoms with van der Waals surface area (Å²) in [5, 5.41) is 19.2. The lowest BCUT2D eigenvalue weighted by molar-refractivity contribution is -0.274. The Hall–Kier alpha value is -3.89. The van der Waals surface area contributed by atoms with Crippen molar-refractivity contribution < 1.29 is 27.8 Å². The SMILES string of the molecule is O=C(NCc1cccc2ccccc12)c1nn(CCO)c2c1CN(Cc1ccc(OC(F)(F)F)cc1)CC2. The van der Waals surface area contributed by atoms with Crippen LogP contribution in [0.5, 0.6) is 5.75 Å². The third-order valence-corrected chi connectivity index (χ3v) is 6.62. The summed E-state index contributed by atoms with van der Waals surface area (Å²) in [4.78, 5) is 15.4. The Kier molecular flexibility index (Phi) is 7.35. The van der Waals surface area contributed by atoms with Crippen LogP contribution in [0.4, 0.5) is 13.2 Å². The Morgan fingerprint density at radius 2 is 1.82 bits per heavy atom. The van der Waals surface area contributed by atoms with E-state index in [1.165, 1.54) is 12.1 Å². The average molecular weight is 525 g/mol. The van der Waals surface area contributed by atoms with Gasteiger partial charge in [-0.15, -0.1) is 13.2 Å². The van der Waals surface area contributed by atoms with Gasteiger partial charge in [0.1, 0.15) is 5.75 Å². The molecule has 0 radical (unpaired) electrons. The van der Waals surface area contributed by atoms with E-state index < -0.39 is 6.36 Å². The molecular formula is C28H27F3N4O3. The van der Waals surface area contributed by atoms with E-state index >= 15 is 0 Å². The number of benzene rings is 3. The molecule has 1 aromatic heterocycles. The molecule has 0 saturated heterocycles. The molecule has 0 spiro atoms. The van der Waals surface area contributed by atoms with Crippen molar-refractivity contribution in [2.45, 2.75) is 39.0 Å². The molecule has 0 unspecified atom stereocenters. The highest BCUT2D eigenvalue weighted by atomic mass is 19.4. The first-order valence-corrected chi connectivity index (χ1v) is 12.3. The fraction of sp³-hybridized carbons (Fsp3) is 0.286. The van der Waals surface area contributed by atoms with Gasteiger partial charge in [0.25, 0.3) is 5.91 Å². The molecule has 2 heterocycles. The highest BCUT2D eigenvalue weighted by Gasteiger charge is 2.31. The summed E-state index contributed by atoms with van der Waals surface area (Å²) in [6.45, 7) is 2.17. The van der Waals surface area contributed by atoms with Crippen molar-refractivity contribution in [3.63, 3.8) is 0 Å². The first-order chi connectivity index (χ1) is 18.3. The number of nitrogens with one attached hydrogen (secondary N) is 1. The van der Waals surface area contributed by atoms with E-state index in [9.17, 15) is 23.1 Å². The first kappa shape index (κ1) is 25.7. The van der Waals surface area contributed by atoms with E-state index in [0.29, 0.717) is 44.8 Å². The smallest absolute Gasteiger partial charge is 0.406 e. The zero-order chi connectivity index (χ0) is 26.7. The summed E-state index contributed by atoms with van der Waals surface area (Å²) >= 11 is 0. The van der Waals surface area contributed by atoms with Gasteiger partial charge in [-0.1, -0.05) is 54.6 Å². The molecule has 4 aromatic rings. The highest BCUT2D eigenvalue weighted by Crippen LogP contribution is 2.27. The number of rotatable bonds is 8. The minimum absolute atomic E-state index is 0.0960. The predicted molar refractivity (Wildman–Crippen MR) is 135 cm³/mol. The van der Waals surface area contributed by atoms with Crippen LogP contribution in [-0.4, -0.2) is 45.2 Å². The molecule has 0 saturated carbocycles. The summed E-state index contributed by atoms with van der Waals surface area (Å²) < 4.78 is 43.0. The first-order valence-electron chi connectivity index (χ1n) is 12.3. The third kappa shape index (κ3) is 5.81. The molecule has 1 amide bonds. The molecule has 0 fully saturated rings. The lowest BCUT2D eigenvalue weighted by atomic mass is 10.0. The van der Waals surface area contributed by atoms with Crippen molar-refractivity contribution in [3.05, 3.63) is 94.8 Å². The quantitative estimate of drug-likeness (QED) is 0.357. The van der Waals surface area contributed by atoms with Crippen LogP contribution >= 0.6 is 0 Å². The molecule has 3 aromatic carbocycles. The Labute approximate surface area is 217 Å². The number of hydrogen-bond donors (Lipinski definition) is 2. The van der Waals surface area contributed by atoms with Crippen molar-refractivity contribution in [1.29, 1.82) is 0 Å². The highest BCUT2D eigenvalue weighted by molar-refractivity contribution is 5.94. The van der Waals surface area contributed by atoms with Crippen molar-refractivity contribution in [2.24, 2.45) is 0 Å². The number of carbonyl (C=O) groups is 1. The maximum absolute atomic E-state index is 13.3. The monoisotopic (exact) mass is 524 g/mol. The molecule has 7 nitrogen and oxygen atoms in total. The summed E-state index contributed by atoms with van der Waals surface area (Å²) in [5.74, 6) is -0.556. The molecule has 2 N–H and O–H groups in total. The van der Waals surface area contributed by atoms with Crippen LogP contribution in [0.15, 0.2) is 66.7 Å². The van der Waals surface area contributed by atoms with E-state index in [1.807, 2.05) is 42.5 Å². The van der Waals surface area contributed by atoms with E-state index in [-0.39, 0.29) is 18.3 Å². The topological polar surface area (TPSA) is 79.6 Å². The van der Waals surface area contributed by atoms with Gasteiger partial charge in [-0.25, -0.2) is 0 Å². The number of aliphatic hydroxyl groups excluding tert-OH is 1. The van der Waals surface area contributed by atoms with Crippen LogP contribution in [0.2, 0.25) is 0 Å². The second-order valence-electron chi connectivity index (χ2n) is 9.19. The predicted octanol–water partition coefficient (Wildman–Crippen LogP) is 4.42. The van der Waals surface area contributed by atoms with E-state index in [2.05, 4.69) is 20.1 Å². The molecule has 1 aliphatic heterocycles. The number of hydrogen-bond acceptors (Lipinski definition) is 5. The molecule has 198 valence electrons. The average Bonchev–Trinajstić information content (AvgIpc) is 3.25. The fourth-order valence-electron chi connectivity index (χ4n) is 4.90. The van der Waals surface area contributed by atoms with Gasteiger partial charge in [0.15, 0.2) is 5.69 Å². The van der Waals surface area contributed by atoms with Gasteiger partial charge in [0, 0.05) is 43.9 Å². The van der Waals surface area contributed by atoms with Crippen molar-refractivity contribution in [3.8, 4) is 5.75 Å². The van der Waals surface area contributed by atoms with E-state index in [4.69, 9.17) is 0 Å². The zero-order valence-electron chi connectivity index (χ0n) is 20.5. The molecule has 0 bridgehead atoms. The number of carbonyl (C=O) groups excluding carboxylic acids is 1. The zero-order valence-corrected chi connectivity index (χ0v) is 20.5. The fourth-order valence-corrected chi connectivity index (χ4v) is 4.90. The minimum Gasteiger partial charge on any atom is -0.406 e. The van der Waals surface area contributed by atoms with Crippen LogP contribution in [0, 0.1) is 0 Å². The van der Waals surface area contributed by atoms with E-state index in [1.54, 1.807) is 16.8 Å². The number of amides is 1. The second kappa shape index (κ2) is 10.8. The summed E-state index contributed by atoms with van der Waals surface area (Å²) in [7, 11) is 0. The molecule has 10 heteroatoms. The maximum Gasteiger partial charge on any atom is 0.573 e. The van der Waals surface area contributed by atoms with Crippen LogP contribution in [0.25, 0.3) is 10.8 Å². The van der Waals surface area contributed by atoms with Crippen molar-refractivity contribution >= 4 is 16.7 Å². The lowest BCUT2D eigenvalue weighted by Gasteiger charge is -2.27. The molecule has 0 atom stereocenters. The number of halogens is 3. The van der Waals surface area contributed by atoms with Crippen LogP contribution in [0.3, 0.4) is 0 Å². The molecule has 1 aliphatic rings. The van der Waals surface area contributed by atoms with Crippen LogP contribution < -0.4 is 10.1 Å². The summed E-state index contributed by atoms with van der Waals surface area (Å²) in [6.07, 6.45) is -4.10. The molecule has 5 rings (SSSR count). The largest absolute Gasteiger partial charge is 0.573 e. The standard InChI is InChI=1S/C28H27F3N4O3/c29-28(30,31)38-22-10-8-19(9-11-22)17-34-13-12-25-24(18-34)26(33-35(25)14-15-36)27(37)32-16-21-6-3-5-20-4-1-2-7-23(20)21/h1-11,36H,12-18H2,(H,32,37). The molecule has 0 aliphatic carbocycles. The number of nitrogens with zero attached hydrogens (tertiary/aromatic N) is 3. The second-order valence-corrected chi connectivity index (χ2v) is 9.19. The number of aromatic nitrogens is 2. The number of fused-ring (bicyclic) bond motifs is 2. The summed E-state index contributed by atoms with van der Waals surface area (Å²) in [6, 6.07) is 19.7. The molecular weight excluding hydrogens is 497 g/mol. The van der Waals surface area contributed by atoms with Crippen molar-refractivity contribution in [2.75, 3.05) is 13.2 Å². The maximum atomic E-state index is 13.3. The van der Waals surface area contributed by atoms with Gasteiger partial charge >= 0.3 is 6.36 Å². The van der Waals surface area contributed by atoms with Gasteiger partial charge in [-0.3, -0.25) is 14.4 Å². The number of alkyl halides is 3. The van der Waals surface area contributed by atoms with Crippen molar-refractivity contribution in [1.82, 2.24) is 20.0 Å². The Bertz CT molecular complexity index is 1430. The molecule has 38 heavy (non-hydrogen) atoms. The van der Waals surface area contributed by atoms with Crippen LogP contribution in [0.1, 0.15) is 32.9 Å². The Balaban J connectivity index is 1.31. The van der Waals surface area contributed by atoms with Gasteiger partial charge in [0.2, 0.25) is 0 Å². The Morgan fingerprint density at radius 1 is 1.05 bits per heavy atom.